The van der Waals surface area contributed by atoms with E-state index in [1.54, 1.807) is 36.6 Å². The van der Waals surface area contributed by atoms with Crippen molar-refractivity contribution in [2.24, 2.45) is 0 Å². The normalized spacial score (nSPS) is 10.8. The molecule has 0 radical (unpaired) electrons. The smallest absolute Gasteiger partial charge is 0.244 e. The summed E-state index contributed by atoms with van der Waals surface area (Å²) >= 11 is 15.0. The zero-order valence-corrected chi connectivity index (χ0v) is 17.4. The van der Waals surface area contributed by atoms with Gasteiger partial charge in [0, 0.05) is 7.05 Å². The average molecular weight is 440 g/mol. The number of anilines is 1. The monoisotopic (exact) mass is 439 g/mol. The van der Waals surface area contributed by atoms with Gasteiger partial charge in [-0.2, -0.15) is 0 Å². The molecule has 3 rings (SSSR count). The number of rotatable bonds is 6. The number of fused-ring (bicyclic) bond motifs is 1. The van der Waals surface area contributed by atoms with Gasteiger partial charge in [-0.25, -0.2) is 4.98 Å². The van der Waals surface area contributed by atoms with Crippen LogP contribution in [0.2, 0.25) is 10.0 Å². The Hall–Kier alpha value is -1.80. The molecule has 0 bridgehead atoms. The Labute approximate surface area is 174 Å². The van der Waals surface area contributed by atoms with Crippen LogP contribution < -0.4 is 5.32 Å². The molecule has 3 aromatic rings. The van der Waals surface area contributed by atoms with Gasteiger partial charge in [-0.15, -0.1) is 11.3 Å². The van der Waals surface area contributed by atoms with E-state index in [2.05, 4.69) is 10.3 Å². The molecule has 1 heterocycles. The Morgan fingerprint density at radius 2 is 1.85 bits per heavy atom. The van der Waals surface area contributed by atoms with E-state index in [9.17, 15) is 9.59 Å². The first-order valence-corrected chi connectivity index (χ1v) is 10.5. The fourth-order valence-electron chi connectivity index (χ4n) is 2.25. The second kappa shape index (κ2) is 8.93. The molecule has 140 valence electrons. The van der Waals surface area contributed by atoms with Crippen LogP contribution in [0.5, 0.6) is 0 Å². The van der Waals surface area contributed by atoms with Crippen molar-refractivity contribution in [3.63, 3.8) is 0 Å². The molecule has 0 fully saturated rings. The molecule has 2 amide bonds. The number of aromatic nitrogens is 1. The average Bonchev–Trinajstić information content (AvgIpc) is 3.05. The number of halogens is 2. The highest BCUT2D eigenvalue weighted by Gasteiger charge is 2.16. The minimum atomic E-state index is -0.370. The molecule has 1 N–H and O–H groups in total. The maximum absolute atomic E-state index is 12.3. The lowest BCUT2D eigenvalue weighted by atomic mass is 10.3. The third-order valence-electron chi connectivity index (χ3n) is 3.63. The summed E-state index contributed by atoms with van der Waals surface area (Å²) < 4.78 is 1.90. The molecular weight excluding hydrogens is 425 g/mol. The molecule has 0 aliphatic rings. The van der Waals surface area contributed by atoms with E-state index in [4.69, 9.17) is 23.2 Å². The van der Waals surface area contributed by atoms with Crippen LogP contribution in [0, 0.1) is 0 Å². The van der Waals surface area contributed by atoms with Gasteiger partial charge in [0.05, 0.1) is 38.2 Å². The predicted molar refractivity (Wildman–Crippen MR) is 113 cm³/mol. The number of nitrogens with one attached hydrogen (secondary N) is 1. The van der Waals surface area contributed by atoms with Crippen molar-refractivity contribution in [2.75, 3.05) is 24.7 Å². The molecule has 0 atom stereocenters. The summed E-state index contributed by atoms with van der Waals surface area (Å²) in [5.41, 5.74) is 1.26. The second-order valence-electron chi connectivity index (χ2n) is 5.63. The minimum absolute atomic E-state index is 0.0964. The number of carbonyl (C=O) groups is 2. The number of para-hydroxylation sites is 2. The zero-order valence-electron chi connectivity index (χ0n) is 14.2. The van der Waals surface area contributed by atoms with E-state index in [1.807, 2.05) is 24.3 Å². The maximum atomic E-state index is 12.3. The largest absolute Gasteiger partial charge is 0.336 e. The number of thioether (sulfide) groups is 1. The maximum Gasteiger partial charge on any atom is 0.244 e. The number of likely N-dealkylation sites (N-methyl/N-ethyl adjacent to an activating group) is 1. The number of nitrogens with zero attached hydrogens (tertiary/aromatic N) is 2. The lowest BCUT2D eigenvalue weighted by molar-refractivity contribution is -0.131. The molecule has 0 spiro atoms. The quantitative estimate of drug-likeness (QED) is 0.560. The van der Waals surface area contributed by atoms with Crippen LogP contribution in [0.1, 0.15) is 0 Å². The van der Waals surface area contributed by atoms with Crippen LogP contribution in [0.4, 0.5) is 5.69 Å². The molecule has 9 heteroatoms. The Morgan fingerprint density at radius 1 is 1.15 bits per heavy atom. The van der Waals surface area contributed by atoms with Crippen LogP contribution >= 0.6 is 46.3 Å². The first-order valence-electron chi connectivity index (χ1n) is 7.90. The number of benzene rings is 2. The lowest BCUT2D eigenvalue weighted by Gasteiger charge is -2.17. The summed E-state index contributed by atoms with van der Waals surface area (Å²) in [4.78, 5) is 30.3. The Balaban J connectivity index is 1.53. The molecule has 1 aromatic heterocycles. The number of hydrogen-bond donors (Lipinski definition) is 1. The van der Waals surface area contributed by atoms with Crippen LogP contribution in [0.15, 0.2) is 46.8 Å². The topological polar surface area (TPSA) is 62.3 Å². The van der Waals surface area contributed by atoms with Crippen LogP contribution in [-0.4, -0.2) is 41.0 Å². The van der Waals surface area contributed by atoms with Crippen molar-refractivity contribution in [3.05, 3.63) is 52.5 Å². The van der Waals surface area contributed by atoms with Gasteiger partial charge in [0.2, 0.25) is 11.8 Å². The van der Waals surface area contributed by atoms with E-state index in [0.717, 1.165) is 14.6 Å². The van der Waals surface area contributed by atoms with E-state index in [-0.39, 0.29) is 24.1 Å². The fourth-order valence-corrected chi connectivity index (χ4v) is 4.75. The van der Waals surface area contributed by atoms with Gasteiger partial charge in [-0.3, -0.25) is 9.59 Å². The van der Waals surface area contributed by atoms with Crippen molar-refractivity contribution in [1.29, 1.82) is 0 Å². The molecule has 27 heavy (non-hydrogen) atoms. The van der Waals surface area contributed by atoms with E-state index >= 15 is 0 Å². The molecular formula is C18H15Cl2N3O2S2. The molecule has 0 unspecified atom stereocenters. The third-order valence-corrected chi connectivity index (χ3v) is 6.42. The fraction of sp³-hybridized carbons (Fsp3) is 0.167. The van der Waals surface area contributed by atoms with Gasteiger partial charge in [-0.1, -0.05) is 53.2 Å². The van der Waals surface area contributed by atoms with Gasteiger partial charge in [-0.05, 0) is 24.3 Å². The van der Waals surface area contributed by atoms with E-state index in [0.29, 0.717) is 15.7 Å². The van der Waals surface area contributed by atoms with Gasteiger partial charge in [0.15, 0.2) is 4.34 Å². The molecule has 5 nitrogen and oxygen atoms in total. The second-order valence-corrected chi connectivity index (χ2v) is 8.70. The highest BCUT2D eigenvalue weighted by atomic mass is 35.5. The summed E-state index contributed by atoms with van der Waals surface area (Å²) in [5, 5.41) is 3.33. The van der Waals surface area contributed by atoms with Crippen LogP contribution in [0.3, 0.4) is 0 Å². The molecule has 2 aromatic carbocycles. The van der Waals surface area contributed by atoms with Gasteiger partial charge in [0.25, 0.3) is 0 Å². The molecule has 0 saturated carbocycles. The predicted octanol–water partition coefficient (Wildman–Crippen LogP) is 4.79. The first-order chi connectivity index (χ1) is 12.9. The van der Waals surface area contributed by atoms with Gasteiger partial charge in [0.1, 0.15) is 0 Å². The Morgan fingerprint density at radius 3 is 2.56 bits per heavy atom. The van der Waals surface area contributed by atoms with Crippen LogP contribution in [0.25, 0.3) is 10.2 Å². The number of thiazole rings is 1. The summed E-state index contributed by atoms with van der Waals surface area (Å²) in [6.07, 6.45) is 0. The minimum Gasteiger partial charge on any atom is -0.336 e. The van der Waals surface area contributed by atoms with Crippen molar-refractivity contribution >= 4 is 74.0 Å². The van der Waals surface area contributed by atoms with E-state index in [1.165, 1.54) is 16.7 Å². The van der Waals surface area contributed by atoms with Crippen molar-refractivity contribution in [3.8, 4) is 0 Å². The van der Waals surface area contributed by atoms with Crippen molar-refractivity contribution in [1.82, 2.24) is 9.88 Å². The van der Waals surface area contributed by atoms with Gasteiger partial charge < -0.3 is 10.2 Å². The Kier molecular flexibility index (Phi) is 6.59. The summed E-state index contributed by atoms with van der Waals surface area (Å²) in [6.45, 7) is -0.0964. The highest BCUT2D eigenvalue weighted by Crippen LogP contribution is 2.30. The number of amides is 2. The van der Waals surface area contributed by atoms with Crippen molar-refractivity contribution < 1.29 is 9.59 Å². The molecule has 0 aliphatic heterocycles. The lowest BCUT2D eigenvalue weighted by Crippen LogP contribution is -2.36. The zero-order chi connectivity index (χ0) is 19.4. The van der Waals surface area contributed by atoms with E-state index < -0.39 is 0 Å². The standard InChI is InChI=1S/C18H15Cl2N3O2S2/c1-23(9-15(24)22-17-11(19)5-4-6-12(17)20)16(25)10-26-18-21-13-7-2-3-8-14(13)27-18/h2-8H,9-10H2,1H3,(H,22,24). The molecule has 0 saturated heterocycles. The summed E-state index contributed by atoms with van der Waals surface area (Å²) in [5.74, 6) is -0.332. The summed E-state index contributed by atoms with van der Waals surface area (Å²) in [7, 11) is 1.58. The summed E-state index contributed by atoms with van der Waals surface area (Å²) in [6, 6.07) is 12.8. The molecule has 0 aliphatic carbocycles. The van der Waals surface area contributed by atoms with Crippen molar-refractivity contribution in [2.45, 2.75) is 4.34 Å². The van der Waals surface area contributed by atoms with Crippen LogP contribution in [-0.2, 0) is 9.59 Å². The SMILES string of the molecule is CN(CC(=O)Nc1c(Cl)cccc1Cl)C(=O)CSc1nc2ccccc2s1. The van der Waals surface area contributed by atoms with Gasteiger partial charge >= 0.3 is 0 Å². The highest BCUT2D eigenvalue weighted by molar-refractivity contribution is 8.01. The number of carbonyl (C=O) groups excluding carboxylic acids is 2. The third kappa shape index (κ3) is 5.13. The Bertz CT molecular complexity index is 940. The number of hydrogen-bond acceptors (Lipinski definition) is 5. The first kappa shape index (κ1) is 19.9.